The Kier molecular flexibility index (Phi) is 10.6. The zero-order valence-electron chi connectivity index (χ0n) is 19.6. The van der Waals surface area contributed by atoms with Gasteiger partial charge in [0.15, 0.2) is 11.8 Å². The van der Waals surface area contributed by atoms with Crippen molar-refractivity contribution in [3.8, 4) is 17.2 Å². The van der Waals surface area contributed by atoms with E-state index in [2.05, 4.69) is 45.2 Å². The second-order valence-corrected chi connectivity index (χ2v) is 11.7. The summed E-state index contributed by atoms with van der Waals surface area (Å²) in [5.74, 6) is -2.21. The Bertz CT molecular complexity index is 1220. The van der Waals surface area contributed by atoms with Crippen LogP contribution in [-0.4, -0.2) is 50.0 Å². The molecule has 9 nitrogen and oxygen atoms in total. The summed E-state index contributed by atoms with van der Waals surface area (Å²) in [5, 5.41) is 21.2. The van der Waals surface area contributed by atoms with Crippen molar-refractivity contribution < 1.29 is 34.1 Å². The highest BCUT2D eigenvalue weighted by atomic mass is 127. The van der Waals surface area contributed by atoms with Crippen LogP contribution in [0.5, 0.6) is 17.2 Å². The minimum absolute atomic E-state index is 0.0158. The fourth-order valence-corrected chi connectivity index (χ4v) is 6.27. The summed E-state index contributed by atoms with van der Waals surface area (Å²) < 4.78 is 8.04. The van der Waals surface area contributed by atoms with Gasteiger partial charge in [-0.1, -0.05) is 19.8 Å². The van der Waals surface area contributed by atoms with Gasteiger partial charge >= 0.3 is 5.97 Å². The molecular weight excluding hydrogens is 821 g/mol. The van der Waals surface area contributed by atoms with Crippen molar-refractivity contribution in [2.24, 2.45) is 0 Å². The fourth-order valence-electron chi connectivity index (χ4n) is 3.67. The van der Waals surface area contributed by atoms with Crippen molar-refractivity contribution in [3.05, 3.63) is 58.8 Å². The Morgan fingerprint density at radius 3 is 2.16 bits per heavy atom. The molecule has 3 amide bonds. The van der Waals surface area contributed by atoms with Gasteiger partial charge in [0.25, 0.3) is 11.8 Å². The van der Waals surface area contributed by atoms with E-state index < -0.39 is 29.7 Å². The van der Waals surface area contributed by atoms with E-state index in [1.165, 1.54) is 6.07 Å². The zero-order valence-corrected chi connectivity index (χ0v) is 26.1. The summed E-state index contributed by atoms with van der Waals surface area (Å²) >= 11 is 6.15. The Morgan fingerprint density at radius 1 is 1.00 bits per heavy atom. The van der Waals surface area contributed by atoms with Gasteiger partial charge in [-0.15, -0.1) is 0 Å². The van der Waals surface area contributed by atoms with E-state index in [4.69, 9.17) is 4.74 Å². The maximum atomic E-state index is 13.1. The number of phenolic OH excluding ortho intramolecular Hbond substituents is 1. The summed E-state index contributed by atoms with van der Waals surface area (Å²) in [5.41, 5.74) is 0.590. The number of hydrogen-bond donors (Lipinski definition) is 2. The maximum Gasteiger partial charge on any atom is 0.328 e. The van der Waals surface area contributed by atoms with Crippen molar-refractivity contribution in [2.45, 2.75) is 45.1 Å². The van der Waals surface area contributed by atoms with Crippen LogP contribution in [0.1, 0.15) is 38.2 Å². The summed E-state index contributed by atoms with van der Waals surface area (Å²) in [4.78, 5) is 50.3. The SMILES string of the molecule is CCCCCC(=O)N([C@@H](Cc1cc(I)c(Oc2ccc(O)c(I)c2)c(I)c1)C(=O)O)N1C(=O)C=CC1=O. The number of aliphatic carboxylic acids is 1. The van der Waals surface area contributed by atoms with Gasteiger partial charge in [-0.2, -0.15) is 5.01 Å². The molecule has 0 saturated heterocycles. The molecular formula is C25H23I3N2O7. The molecule has 0 unspecified atom stereocenters. The topological polar surface area (TPSA) is 124 Å². The van der Waals surface area contributed by atoms with Crippen LogP contribution >= 0.6 is 67.8 Å². The van der Waals surface area contributed by atoms with Crippen molar-refractivity contribution in [2.75, 3.05) is 0 Å². The molecule has 1 heterocycles. The van der Waals surface area contributed by atoms with Crippen LogP contribution in [0.25, 0.3) is 0 Å². The first kappa shape index (κ1) is 29.6. The molecule has 37 heavy (non-hydrogen) atoms. The number of ether oxygens (including phenoxy) is 1. The highest BCUT2D eigenvalue weighted by Gasteiger charge is 2.40. The number of amides is 3. The van der Waals surface area contributed by atoms with Crippen LogP contribution in [0.3, 0.4) is 0 Å². The largest absolute Gasteiger partial charge is 0.507 e. The smallest absolute Gasteiger partial charge is 0.328 e. The lowest BCUT2D eigenvalue weighted by Gasteiger charge is -2.34. The lowest BCUT2D eigenvalue weighted by molar-refractivity contribution is -0.177. The van der Waals surface area contributed by atoms with Crippen molar-refractivity contribution >= 4 is 91.5 Å². The second kappa shape index (κ2) is 13.2. The number of rotatable bonds is 11. The number of nitrogens with zero attached hydrogens (tertiary/aromatic N) is 2. The third kappa shape index (κ3) is 7.34. The van der Waals surface area contributed by atoms with Gasteiger partial charge < -0.3 is 14.9 Å². The van der Waals surface area contributed by atoms with Gasteiger partial charge in [-0.05, 0) is 110 Å². The molecule has 0 radical (unpaired) electrons. The lowest BCUT2D eigenvalue weighted by atomic mass is 10.0. The number of halogens is 3. The number of carbonyl (C=O) groups is 4. The highest BCUT2D eigenvalue weighted by Crippen LogP contribution is 2.35. The van der Waals surface area contributed by atoms with E-state index in [0.717, 1.165) is 30.0 Å². The first-order valence-electron chi connectivity index (χ1n) is 11.3. The molecule has 1 aliphatic rings. The summed E-state index contributed by atoms with van der Waals surface area (Å²) in [6.07, 6.45) is 4.06. The van der Waals surface area contributed by atoms with Gasteiger partial charge in [0, 0.05) is 25.0 Å². The van der Waals surface area contributed by atoms with Gasteiger partial charge in [0.1, 0.15) is 11.5 Å². The first-order valence-corrected chi connectivity index (χ1v) is 14.5. The molecule has 0 bridgehead atoms. The van der Waals surface area contributed by atoms with Gasteiger partial charge in [-0.25, -0.2) is 9.80 Å². The van der Waals surface area contributed by atoms with Crippen LogP contribution in [0.2, 0.25) is 0 Å². The van der Waals surface area contributed by atoms with Crippen molar-refractivity contribution in [1.82, 2.24) is 10.0 Å². The van der Waals surface area contributed by atoms with E-state index in [0.29, 0.717) is 39.2 Å². The highest BCUT2D eigenvalue weighted by molar-refractivity contribution is 14.1. The minimum Gasteiger partial charge on any atom is -0.507 e. The molecule has 2 aromatic rings. The number of aromatic hydroxyl groups is 1. The maximum absolute atomic E-state index is 13.1. The van der Waals surface area contributed by atoms with E-state index in [1.807, 2.05) is 29.5 Å². The number of carboxylic acid groups (broad SMARTS) is 1. The number of imide groups is 1. The Labute approximate surface area is 254 Å². The van der Waals surface area contributed by atoms with Crippen LogP contribution < -0.4 is 4.74 Å². The Hall–Kier alpha value is -1.95. The number of carbonyl (C=O) groups excluding carboxylic acids is 3. The Morgan fingerprint density at radius 2 is 1.62 bits per heavy atom. The summed E-state index contributed by atoms with van der Waals surface area (Å²) in [6, 6.07) is 6.87. The van der Waals surface area contributed by atoms with Crippen molar-refractivity contribution in [3.63, 3.8) is 0 Å². The standard InChI is InChI=1S/C25H23I3N2O7/c1-2-3-4-5-21(32)29(30-22(33)8-9-23(30)34)19(25(35)36)12-14-10-17(27)24(18(28)11-14)37-15-6-7-20(31)16(26)13-15/h6-11,13,19,31H,2-5,12H2,1H3,(H,35,36)/t19-/m0/s1. The predicted molar refractivity (Wildman–Crippen MR) is 160 cm³/mol. The molecule has 0 saturated carbocycles. The average molecular weight is 844 g/mol. The number of carboxylic acids is 1. The van der Waals surface area contributed by atoms with E-state index >= 15 is 0 Å². The molecule has 2 N–H and O–H groups in total. The zero-order chi connectivity index (χ0) is 27.3. The molecule has 1 atom stereocenters. The fraction of sp³-hybridized carbons (Fsp3) is 0.280. The van der Waals surface area contributed by atoms with Crippen molar-refractivity contribution in [1.29, 1.82) is 0 Å². The van der Waals surface area contributed by atoms with E-state index in [-0.39, 0.29) is 18.6 Å². The van der Waals surface area contributed by atoms with Gasteiger partial charge in [0.2, 0.25) is 5.91 Å². The second-order valence-electron chi connectivity index (χ2n) is 8.18. The number of hydrogen-bond acceptors (Lipinski definition) is 6. The van der Waals surface area contributed by atoms with Gasteiger partial charge in [-0.3, -0.25) is 14.4 Å². The normalized spacial score (nSPS) is 13.7. The monoisotopic (exact) mass is 844 g/mol. The van der Waals surface area contributed by atoms with E-state index in [9.17, 15) is 29.4 Å². The predicted octanol–water partition coefficient (Wildman–Crippen LogP) is 5.24. The van der Waals surface area contributed by atoms with Crippen LogP contribution in [0.4, 0.5) is 0 Å². The molecule has 0 aromatic heterocycles. The van der Waals surface area contributed by atoms with Crippen LogP contribution in [0.15, 0.2) is 42.5 Å². The van der Waals surface area contributed by atoms with Crippen LogP contribution in [0, 0.1) is 10.7 Å². The van der Waals surface area contributed by atoms with Gasteiger partial charge in [0.05, 0.1) is 10.7 Å². The molecule has 2 aromatic carbocycles. The number of unbranched alkanes of at least 4 members (excludes halogenated alkanes) is 2. The first-order chi connectivity index (χ1) is 17.5. The molecule has 12 heteroatoms. The molecule has 0 fully saturated rings. The minimum atomic E-state index is -1.47. The molecule has 0 spiro atoms. The van der Waals surface area contributed by atoms with Crippen LogP contribution in [-0.2, 0) is 25.6 Å². The molecule has 3 rings (SSSR count). The Balaban J connectivity index is 1.91. The lowest BCUT2D eigenvalue weighted by Crippen LogP contribution is -2.57. The summed E-state index contributed by atoms with van der Waals surface area (Å²) in [6.45, 7) is 1.97. The number of benzene rings is 2. The number of phenols is 1. The average Bonchev–Trinajstić information content (AvgIpc) is 3.16. The quantitative estimate of drug-likeness (QED) is 0.180. The number of hydrazine groups is 1. The van der Waals surface area contributed by atoms with E-state index in [1.54, 1.807) is 24.3 Å². The molecule has 1 aliphatic heterocycles. The molecule has 196 valence electrons. The molecule has 0 aliphatic carbocycles. The third-order valence-electron chi connectivity index (χ3n) is 5.46. The summed E-state index contributed by atoms with van der Waals surface area (Å²) in [7, 11) is 0. The third-order valence-corrected chi connectivity index (χ3v) is 7.92.